The number of halogens is 3. The number of anilines is 1. The fourth-order valence-electron chi connectivity index (χ4n) is 3.34. The van der Waals surface area contributed by atoms with E-state index in [1.54, 1.807) is 6.07 Å². The van der Waals surface area contributed by atoms with E-state index in [1.807, 2.05) is 15.8 Å². The lowest BCUT2D eigenvalue weighted by Gasteiger charge is -2.36. The molecule has 1 aromatic heterocycles. The largest absolute Gasteiger partial charge is 0.418 e. The molecule has 2 heterocycles. The second-order valence-corrected chi connectivity index (χ2v) is 7.19. The van der Waals surface area contributed by atoms with Crippen LogP contribution in [0.2, 0.25) is 0 Å². The first-order valence-electron chi connectivity index (χ1n) is 9.25. The Hall–Kier alpha value is -2.13. The highest BCUT2D eigenvalue weighted by Crippen LogP contribution is 2.34. The molecule has 1 aromatic carbocycles. The van der Waals surface area contributed by atoms with Crippen LogP contribution in [-0.2, 0) is 19.3 Å². The van der Waals surface area contributed by atoms with E-state index in [1.165, 1.54) is 23.4 Å². The van der Waals surface area contributed by atoms with Gasteiger partial charge in [0, 0.05) is 50.5 Å². The lowest BCUT2D eigenvalue weighted by Crippen LogP contribution is -2.49. The first-order chi connectivity index (χ1) is 13.3. The van der Waals surface area contributed by atoms with Gasteiger partial charge in [0.2, 0.25) is 0 Å². The molecule has 0 amide bonds. The zero-order valence-electron chi connectivity index (χ0n) is 16.0. The summed E-state index contributed by atoms with van der Waals surface area (Å²) >= 11 is 5.36. The highest BCUT2D eigenvalue weighted by Gasteiger charge is 2.33. The van der Waals surface area contributed by atoms with Crippen LogP contribution >= 0.6 is 12.2 Å². The van der Waals surface area contributed by atoms with E-state index in [0.717, 1.165) is 32.2 Å². The molecule has 0 spiro atoms. The average Bonchev–Trinajstić information content (AvgIpc) is 3.01. The zero-order valence-corrected chi connectivity index (χ0v) is 16.8. The van der Waals surface area contributed by atoms with E-state index < -0.39 is 11.7 Å². The average molecular weight is 411 g/mol. The van der Waals surface area contributed by atoms with E-state index in [2.05, 4.69) is 29.2 Å². The van der Waals surface area contributed by atoms with Crippen LogP contribution in [0.3, 0.4) is 0 Å². The molecule has 0 radical (unpaired) electrons. The van der Waals surface area contributed by atoms with Crippen molar-refractivity contribution in [3.63, 3.8) is 0 Å². The zero-order chi connectivity index (χ0) is 20.3. The Labute approximate surface area is 168 Å². The summed E-state index contributed by atoms with van der Waals surface area (Å²) in [6.45, 7) is 8.71. The Morgan fingerprint density at radius 3 is 2.46 bits per heavy atom. The van der Waals surface area contributed by atoms with Crippen LogP contribution in [0.5, 0.6) is 0 Å². The predicted octanol–water partition coefficient (Wildman–Crippen LogP) is 3.74. The Balaban J connectivity index is 1.56. The van der Waals surface area contributed by atoms with Crippen LogP contribution in [0.1, 0.15) is 23.7 Å². The number of benzene rings is 1. The molecule has 1 aliphatic rings. The van der Waals surface area contributed by atoms with E-state index in [0.29, 0.717) is 18.2 Å². The van der Waals surface area contributed by atoms with E-state index >= 15 is 0 Å². The minimum absolute atomic E-state index is 0.00923. The summed E-state index contributed by atoms with van der Waals surface area (Å²) in [6, 6.07) is 5.40. The number of hydrogen-bond donors (Lipinski definition) is 1. The van der Waals surface area contributed by atoms with Crippen molar-refractivity contribution in [1.29, 1.82) is 0 Å². The maximum atomic E-state index is 13.1. The third-order valence-electron chi connectivity index (χ3n) is 5.03. The summed E-state index contributed by atoms with van der Waals surface area (Å²) in [5.41, 5.74) is 1.66. The summed E-state index contributed by atoms with van der Waals surface area (Å²) in [4.78, 5) is 4.23. The lowest BCUT2D eigenvalue weighted by molar-refractivity contribution is -0.136. The first kappa shape index (κ1) is 20.6. The topological polar surface area (TPSA) is 36.3 Å². The van der Waals surface area contributed by atoms with Gasteiger partial charge in [-0.1, -0.05) is 12.1 Å². The van der Waals surface area contributed by atoms with Crippen LogP contribution in [0.15, 0.2) is 30.5 Å². The van der Waals surface area contributed by atoms with Crippen molar-refractivity contribution >= 4 is 23.0 Å². The highest BCUT2D eigenvalue weighted by atomic mass is 32.1. The molecule has 1 N–H and O–H groups in total. The monoisotopic (exact) mass is 411 g/mol. The Morgan fingerprint density at radius 1 is 1.18 bits per heavy atom. The SMILES string of the molecule is CCn1ncc(CN2CCN(C(=S)Nc3ccccc3C(F)(F)F)CC2)c1C. The molecule has 0 bridgehead atoms. The molecular formula is C19H24F3N5S. The van der Waals surface area contributed by atoms with Crippen LogP contribution in [0.4, 0.5) is 18.9 Å². The van der Waals surface area contributed by atoms with Crippen molar-refractivity contribution < 1.29 is 13.2 Å². The van der Waals surface area contributed by atoms with Gasteiger partial charge >= 0.3 is 6.18 Å². The summed E-state index contributed by atoms with van der Waals surface area (Å²) in [7, 11) is 0. The minimum Gasteiger partial charge on any atom is -0.346 e. The number of nitrogens with zero attached hydrogens (tertiary/aromatic N) is 4. The van der Waals surface area contributed by atoms with Gasteiger partial charge in [-0.3, -0.25) is 9.58 Å². The summed E-state index contributed by atoms with van der Waals surface area (Å²) in [6.07, 6.45) is -2.51. The van der Waals surface area contributed by atoms with Crippen LogP contribution in [0.25, 0.3) is 0 Å². The van der Waals surface area contributed by atoms with Gasteiger partial charge in [-0.2, -0.15) is 18.3 Å². The summed E-state index contributed by atoms with van der Waals surface area (Å²) in [5.74, 6) is 0. The van der Waals surface area contributed by atoms with Crippen molar-refractivity contribution in [3.05, 3.63) is 47.3 Å². The van der Waals surface area contributed by atoms with Crippen molar-refractivity contribution in [2.24, 2.45) is 0 Å². The number of thiocarbonyl (C=S) groups is 1. The second-order valence-electron chi connectivity index (χ2n) is 6.81. The standard InChI is InChI=1S/C19H24F3N5S/c1-3-27-14(2)15(12-23-27)13-25-8-10-26(11-9-25)18(28)24-17-7-5-4-6-16(17)19(20,21)22/h4-7,12H,3,8-11,13H2,1-2H3,(H,24,28). The molecule has 0 aliphatic carbocycles. The number of rotatable bonds is 4. The highest BCUT2D eigenvalue weighted by molar-refractivity contribution is 7.80. The van der Waals surface area contributed by atoms with Gasteiger partial charge in [-0.05, 0) is 38.2 Å². The molecule has 2 aromatic rings. The third kappa shape index (κ3) is 4.64. The molecule has 3 rings (SSSR count). The maximum absolute atomic E-state index is 13.1. The normalized spacial score (nSPS) is 15.7. The summed E-state index contributed by atoms with van der Waals surface area (Å²) < 4.78 is 41.4. The van der Waals surface area contributed by atoms with Crippen molar-refractivity contribution in [2.45, 2.75) is 33.1 Å². The smallest absolute Gasteiger partial charge is 0.346 e. The van der Waals surface area contributed by atoms with Crippen LogP contribution in [0, 0.1) is 6.92 Å². The Kier molecular flexibility index (Phi) is 6.24. The molecular weight excluding hydrogens is 387 g/mol. The van der Waals surface area contributed by atoms with Crippen LogP contribution in [-0.4, -0.2) is 50.9 Å². The van der Waals surface area contributed by atoms with Crippen molar-refractivity contribution in [2.75, 3.05) is 31.5 Å². The first-order valence-corrected chi connectivity index (χ1v) is 9.66. The lowest BCUT2D eigenvalue weighted by atomic mass is 10.1. The maximum Gasteiger partial charge on any atom is 0.418 e. The van der Waals surface area contributed by atoms with Gasteiger partial charge in [0.05, 0.1) is 17.4 Å². The van der Waals surface area contributed by atoms with E-state index in [-0.39, 0.29) is 5.69 Å². The van der Waals surface area contributed by atoms with Crippen molar-refractivity contribution in [1.82, 2.24) is 19.6 Å². The Morgan fingerprint density at radius 2 is 1.86 bits per heavy atom. The van der Waals surface area contributed by atoms with Gasteiger partial charge in [0.25, 0.3) is 0 Å². The van der Waals surface area contributed by atoms with Gasteiger partial charge in [-0.15, -0.1) is 0 Å². The molecule has 1 aliphatic heterocycles. The number of aryl methyl sites for hydroxylation is 1. The van der Waals surface area contributed by atoms with Crippen LogP contribution < -0.4 is 5.32 Å². The van der Waals surface area contributed by atoms with Gasteiger partial charge < -0.3 is 10.2 Å². The van der Waals surface area contributed by atoms with Gasteiger partial charge in [0.1, 0.15) is 0 Å². The molecule has 1 saturated heterocycles. The minimum atomic E-state index is -4.42. The van der Waals surface area contributed by atoms with E-state index in [9.17, 15) is 13.2 Å². The molecule has 0 atom stereocenters. The number of hydrogen-bond acceptors (Lipinski definition) is 3. The number of para-hydroxylation sites is 1. The summed E-state index contributed by atoms with van der Waals surface area (Å²) in [5, 5.41) is 7.48. The molecule has 9 heteroatoms. The van der Waals surface area contributed by atoms with Crippen molar-refractivity contribution in [3.8, 4) is 0 Å². The number of aromatic nitrogens is 2. The number of nitrogens with one attached hydrogen (secondary N) is 1. The molecule has 28 heavy (non-hydrogen) atoms. The molecule has 0 saturated carbocycles. The van der Waals surface area contributed by atoms with E-state index in [4.69, 9.17) is 12.2 Å². The number of alkyl halides is 3. The van der Waals surface area contributed by atoms with Gasteiger partial charge in [-0.25, -0.2) is 0 Å². The fraction of sp³-hybridized carbons (Fsp3) is 0.474. The van der Waals surface area contributed by atoms with Gasteiger partial charge in [0.15, 0.2) is 5.11 Å². The molecule has 1 fully saturated rings. The molecule has 5 nitrogen and oxygen atoms in total. The molecule has 0 unspecified atom stereocenters. The second kappa shape index (κ2) is 8.48. The predicted molar refractivity (Wildman–Crippen MR) is 107 cm³/mol. The Bertz CT molecular complexity index is 825. The third-order valence-corrected chi connectivity index (χ3v) is 5.39. The fourth-order valence-corrected chi connectivity index (χ4v) is 3.64. The molecule has 152 valence electrons. The quantitative estimate of drug-likeness (QED) is 0.776. The number of piperazine rings is 1.